The molecular formula is C10H21NO2. The first-order valence-electron chi connectivity index (χ1n) is 5.06. The van der Waals surface area contributed by atoms with Gasteiger partial charge in [-0.15, -0.1) is 0 Å². The molecule has 0 aromatic rings. The highest BCUT2D eigenvalue weighted by Crippen LogP contribution is 2.05. The Morgan fingerprint density at radius 1 is 1.46 bits per heavy atom. The molecule has 0 saturated heterocycles. The van der Waals surface area contributed by atoms with Gasteiger partial charge < -0.3 is 10.4 Å². The van der Waals surface area contributed by atoms with Crippen LogP contribution in [0.1, 0.15) is 40.0 Å². The zero-order chi connectivity index (χ0) is 10.3. The zero-order valence-electron chi connectivity index (χ0n) is 8.84. The van der Waals surface area contributed by atoms with Gasteiger partial charge in [-0.05, 0) is 12.8 Å². The first kappa shape index (κ1) is 12.4. The molecule has 0 heterocycles. The minimum absolute atomic E-state index is 0.0289. The van der Waals surface area contributed by atoms with Gasteiger partial charge in [0.1, 0.15) is 0 Å². The molecule has 0 aromatic heterocycles. The summed E-state index contributed by atoms with van der Waals surface area (Å²) in [6.45, 7) is 5.96. The summed E-state index contributed by atoms with van der Waals surface area (Å²) in [7, 11) is 0. The average Bonchev–Trinajstić information content (AvgIpc) is 2.14. The van der Waals surface area contributed by atoms with E-state index in [2.05, 4.69) is 12.2 Å². The highest BCUT2D eigenvalue weighted by molar-refractivity contribution is 5.78. The third-order valence-electron chi connectivity index (χ3n) is 2.23. The molecule has 0 aliphatic heterocycles. The Kier molecular flexibility index (Phi) is 6.59. The van der Waals surface area contributed by atoms with Crippen molar-refractivity contribution >= 4 is 5.91 Å². The van der Waals surface area contributed by atoms with E-state index in [1.54, 1.807) is 0 Å². The van der Waals surface area contributed by atoms with Crippen LogP contribution in [0.5, 0.6) is 0 Å². The molecule has 0 aliphatic carbocycles. The predicted molar refractivity (Wildman–Crippen MR) is 53.4 cm³/mol. The van der Waals surface area contributed by atoms with Crippen LogP contribution < -0.4 is 5.32 Å². The van der Waals surface area contributed by atoms with Crippen molar-refractivity contribution in [2.24, 2.45) is 5.92 Å². The normalized spacial score (nSPS) is 15.1. The molecule has 0 rings (SSSR count). The minimum atomic E-state index is -0.0770. The standard InChI is InChI=1S/C10H21NO2/c1-4-6-8(3)10(13)11-9(5-2)7-12/h8-9,12H,4-7H2,1-3H3,(H,11,13). The molecule has 3 heteroatoms. The summed E-state index contributed by atoms with van der Waals surface area (Å²) in [5.41, 5.74) is 0. The Morgan fingerprint density at radius 2 is 2.08 bits per heavy atom. The van der Waals surface area contributed by atoms with Gasteiger partial charge in [0.05, 0.1) is 12.6 Å². The van der Waals surface area contributed by atoms with Gasteiger partial charge in [0.15, 0.2) is 0 Å². The molecule has 78 valence electrons. The second-order valence-corrected chi connectivity index (χ2v) is 3.49. The van der Waals surface area contributed by atoms with Crippen molar-refractivity contribution in [1.29, 1.82) is 0 Å². The van der Waals surface area contributed by atoms with E-state index in [4.69, 9.17) is 5.11 Å². The van der Waals surface area contributed by atoms with E-state index in [1.807, 2.05) is 13.8 Å². The third-order valence-corrected chi connectivity index (χ3v) is 2.23. The van der Waals surface area contributed by atoms with Crippen molar-refractivity contribution in [2.45, 2.75) is 46.1 Å². The molecule has 0 fully saturated rings. The molecule has 13 heavy (non-hydrogen) atoms. The Bertz CT molecular complexity index is 144. The van der Waals surface area contributed by atoms with Gasteiger partial charge in [0, 0.05) is 5.92 Å². The molecule has 2 unspecified atom stereocenters. The van der Waals surface area contributed by atoms with E-state index in [-0.39, 0.29) is 24.5 Å². The summed E-state index contributed by atoms with van der Waals surface area (Å²) in [6, 6.07) is -0.0770. The SMILES string of the molecule is CCCC(C)C(=O)NC(CC)CO. The second kappa shape index (κ2) is 6.89. The molecule has 0 radical (unpaired) electrons. The van der Waals surface area contributed by atoms with Crippen LogP contribution >= 0.6 is 0 Å². The van der Waals surface area contributed by atoms with Crippen LogP contribution in [-0.4, -0.2) is 23.7 Å². The highest BCUT2D eigenvalue weighted by Gasteiger charge is 2.14. The number of hydrogen-bond donors (Lipinski definition) is 2. The summed E-state index contributed by atoms with van der Waals surface area (Å²) >= 11 is 0. The van der Waals surface area contributed by atoms with Crippen molar-refractivity contribution in [1.82, 2.24) is 5.32 Å². The summed E-state index contributed by atoms with van der Waals surface area (Å²) in [4.78, 5) is 11.4. The van der Waals surface area contributed by atoms with Crippen LogP contribution in [0.15, 0.2) is 0 Å². The topological polar surface area (TPSA) is 49.3 Å². The summed E-state index contributed by atoms with van der Waals surface area (Å²) < 4.78 is 0. The number of amides is 1. The van der Waals surface area contributed by atoms with Gasteiger partial charge in [-0.25, -0.2) is 0 Å². The van der Waals surface area contributed by atoms with Crippen LogP contribution in [0.25, 0.3) is 0 Å². The maximum atomic E-state index is 11.4. The summed E-state index contributed by atoms with van der Waals surface area (Å²) in [5, 5.41) is 11.7. The lowest BCUT2D eigenvalue weighted by molar-refractivity contribution is -0.125. The smallest absolute Gasteiger partial charge is 0.223 e. The van der Waals surface area contributed by atoms with Crippen molar-refractivity contribution in [3.8, 4) is 0 Å². The highest BCUT2D eigenvalue weighted by atomic mass is 16.3. The molecular weight excluding hydrogens is 166 g/mol. The average molecular weight is 187 g/mol. The van der Waals surface area contributed by atoms with E-state index >= 15 is 0 Å². The fourth-order valence-electron chi connectivity index (χ4n) is 1.18. The fourth-order valence-corrected chi connectivity index (χ4v) is 1.18. The lowest BCUT2D eigenvalue weighted by Gasteiger charge is -2.17. The van der Waals surface area contributed by atoms with Gasteiger partial charge in [-0.3, -0.25) is 4.79 Å². The van der Waals surface area contributed by atoms with E-state index < -0.39 is 0 Å². The van der Waals surface area contributed by atoms with Crippen molar-refractivity contribution in [2.75, 3.05) is 6.61 Å². The van der Waals surface area contributed by atoms with Crippen LogP contribution in [0.4, 0.5) is 0 Å². The molecule has 3 nitrogen and oxygen atoms in total. The van der Waals surface area contributed by atoms with Crippen molar-refractivity contribution in [3.63, 3.8) is 0 Å². The number of carbonyl (C=O) groups excluding carboxylic acids is 1. The first-order valence-corrected chi connectivity index (χ1v) is 5.06. The first-order chi connectivity index (χ1) is 6.15. The maximum Gasteiger partial charge on any atom is 0.223 e. The summed E-state index contributed by atoms with van der Waals surface area (Å²) in [5.74, 6) is 0.119. The molecule has 1 amide bonds. The maximum absolute atomic E-state index is 11.4. The van der Waals surface area contributed by atoms with Gasteiger partial charge >= 0.3 is 0 Å². The molecule has 0 aromatic carbocycles. The van der Waals surface area contributed by atoms with Gasteiger partial charge in [0.2, 0.25) is 5.91 Å². The quantitative estimate of drug-likeness (QED) is 0.658. The predicted octanol–water partition coefficient (Wildman–Crippen LogP) is 1.31. The fraction of sp³-hybridized carbons (Fsp3) is 0.900. The third kappa shape index (κ3) is 4.88. The van der Waals surface area contributed by atoms with Crippen LogP contribution in [0, 0.1) is 5.92 Å². The van der Waals surface area contributed by atoms with Crippen molar-refractivity contribution < 1.29 is 9.90 Å². The molecule has 0 saturated carbocycles. The number of aliphatic hydroxyl groups excluding tert-OH is 1. The molecule has 2 atom stereocenters. The Labute approximate surface area is 80.5 Å². The van der Waals surface area contributed by atoms with Crippen LogP contribution in [0.3, 0.4) is 0 Å². The molecule has 0 spiro atoms. The van der Waals surface area contributed by atoms with E-state index in [0.717, 1.165) is 19.3 Å². The Balaban J connectivity index is 3.83. The lowest BCUT2D eigenvalue weighted by Crippen LogP contribution is -2.39. The minimum Gasteiger partial charge on any atom is -0.394 e. The van der Waals surface area contributed by atoms with E-state index in [0.29, 0.717) is 0 Å². The number of rotatable bonds is 6. The molecule has 0 aliphatic rings. The number of carbonyl (C=O) groups is 1. The largest absolute Gasteiger partial charge is 0.394 e. The van der Waals surface area contributed by atoms with E-state index in [9.17, 15) is 4.79 Å². The van der Waals surface area contributed by atoms with E-state index in [1.165, 1.54) is 0 Å². The number of nitrogens with one attached hydrogen (secondary N) is 1. The van der Waals surface area contributed by atoms with Crippen LogP contribution in [0.2, 0.25) is 0 Å². The summed E-state index contributed by atoms with van der Waals surface area (Å²) in [6.07, 6.45) is 2.71. The zero-order valence-corrected chi connectivity index (χ0v) is 8.84. The Hall–Kier alpha value is -0.570. The molecule has 0 bridgehead atoms. The molecule has 2 N–H and O–H groups in total. The lowest BCUT2D eigenvalue weighted by atomic mass is 10.0. The van der Waals surface area contributed by atoms with Crippen molar-refractivity contribution in [3.05, 3.63) is 0 Å². The van der Waals surface area contributed by atoms with Gasteiger partial charge in [-0.1, -0.05) is 27.2 Å². The number of aliphatic hydroxyl groups is 1. The monoisotopic (exact) mass is 187 g/mol. The van der Waals surface area contributed by atoms with Gasteiger partial charge in [-0.2, -0.15) is 0 Å². The Morgan fingerprint density at radius 3 is 2.46 bits per heavy atom. The second-order valence-electron chi connectivity index (χ2n) is 3.49. The van der Waals surface area contributed by atoms with Gasteiger partial charge in [0.25, 0.3) is 0 Å². The van der Waals surface area contributed by atoms with Crippen LogP contribution in [-0.2, 0) is 4.79 Å². The number of hydrogen-bond acceptors (Lipinski definition) is 2.